The van der Waals surface area contributed by atoms with Gasteiger partial charge in [-0.05, 0) is 60.8 Å². The van der Waals surface area contributed by atoms with Crippen molar-refractivity contribution in [2.75, 3.05) is 0 Å². The van der Waals surface area contributed by atoms with E-state index in [9.17, 15) is 4.79 Å². The zero-order valence-corrected chi connectivity index (χ0v) is 16.7. The Bertz CT molecular complexity index is 599. The van der Waals surface area contributed by atoms with E-state index in [4.69, 9.17) is 0 Å². The van der Waals surface area contributed by atoms with Crippen LogP contribution in [-0.4, -0.2) is 5.91 Å². The molecule has 0 saturated heterocycles. The highest BCUT2D eigenvalue weighted by molar-refractivity contribution is 5.80. The number of amides is 1. The molecular formula is C23H35NO. The first-order chi connectivity index (χ1) is 11.7. The molecule has 0 radical (unpaired) electrons. The van der Waals surface area contributed by atoms with Gasteiger partial charge in [0.15, 0.2) is 0 Å². The van der Waals surface area contributed by atoms with Crippen LogP contribution in [0.5, 0.6) is 0 Å². The van der Waals surface area contributed by atoms with Gasteiger partial charge in [-0.3, -0.25) is 4.79 Å². The molecule has 3 rings (SSSR count). The lowest BCUT2D eigenvalue weighted by molar-refractivity contribution is -0.129. The molecule has 25 heavy (non-hydrogen) atoms. The quantitative estimate of drug-likeness (QED) is 0.751. The zero-order chi connectivity index (χ0) is 18.3. The fourth-order valence-electron chi connectivity index (χ4n) is 5.29. The van der Waals surface area contributed by atoms with Crippen molar-refractivity contribution in [3.63, 3.8) is 0 Å². The first kappa shape index (κ1) is 18.5. The third-order valence-electron chi connectivity index (χ3n) is 7.29. The lowest BCUT2D eigenvalue weighted by Crippen LogP contribution is -2.46. The number of carbonyl (C=O) groups excluding carboxylic acids is 1. The highest BCUT2D eigenvalue weighted by atomic mass is 16.2. The highest BCUT2D eigenvalue weighted by Gasteiger charge is 2.49. The summed E-state index contributed by atoms with van der Waals surface area (Å²) in [4.78, 5) is 12.9. The molecular weight excluding hydrogens is 306 g/mol. The van der Waals surface area contributed by atoms with Crippen molar-refractivity contribution in [1.29, 1.82) is 0 Å². The Hall–Kier alpha value is -1.31. The smallest absolute Gasteiger partial charge is 0.223 e. The minimum absolute atomic E-state index is 0.0745. The number of carbonyl (C=O) groups is 1. The van der Waals surface area contributed by atoms with E-state index in [1.165, 1.54) is 18.4 Å². The Morgan fingerprint density at radius 3 is 2.04 bits per heavy atom. The molecule has 0 spiro atoms. The molecule has 1 amide bonds. The van der Waals surface area contributed by atoms with Gasteiger partial charge in [0.2, 0.25) is 5.91 Å². The van der Waals surface area contributed by atoms with E-state index in [1.54, 1.807) is 0 Å². The molecule has 2 heteroatoms. The second-order valence-corrected chi connectivity index (χ2v) is 9.77. The molecule has 0 aliphatic heterocycles. The van der Waals surface area contributed by atoms with Crippen LogP contribution in [0.4, 0.5) is 0 Å². The van der Waals surface area contributed by atoms with Crippen molar-refractivity contribution >= 4 is 5.91 Å². The van der Waals surface area contributed by atoms with E-state index in [1.807, 2.05) is 6.07 Å². The minimum atomic E-state index is -0.0745. The Balaban J connectivity index is 1.65. The summed E-state index contributed by atoms with van der Waals surface area (Å²) in [5, 5.41) is 3.41. The van der Waals surface area contributed by atoms with E-state index in [-0.39, 0.29) is 17.4 Å². The topological polar surface area (TPSA) is 29.1 Å². The van der Waals surface area contributed by atoms with Gasteiger partial charge >= 0.3 is 0 Å². The Kier molecular flexibility index (Phi) is 4.77. The van der Waals surface area contributed by atoms with Gasteiger partial charge < -0.3 is 5.32 Å². The summed E-state index contributed by atoms with van der Waals surface area (Å²) < 4.78 is 0. The van der Waals surface area contributed by atoms with Gasteiger partial charge in [0.05, 0.1) is 5.54 Å². The zero-order valence-electron chi connectivity index (χ0n) is 16.7. The second-order valence-electron chi connectivity index (χ2n) is 9.77. The summed E-state index contributed by atoms with van der Waals surface area (Å²) in [6.07, 6.45) is 6.56. The monoisotopic (exact) mass is 341 g/mol. The fourth-order valence-corrected chi connectivity index (χ4v) is 5.29. The van der Waals surface area contributed by atoms with Crippen LogP contribution in [0, 0.1) is 22.7 Å². The minimum Gasteiger partial charge on any atom is -0.346 e. The molecule has 2 saturated carbocycles. The molecule has 2 aliphatic rings. The Labute approximate surface area is 153 Å². The summed E-state index contributed by atoms with van der Waals surface area (Å²) in [6.45, 7) is 11.9. The standard InChI is InChI=1S/C23H35NO/c1-17(2)22(21(3,4)5)13-11-18(12-14-22)20(25)24-23(15-16-23)19-9-7-6-8-10-19/h6-10,17-18H,11-16H2,1-5H3,(H,24,25). The van der Waals surface area contributed by atoms with Crippen molar-refractivity contribution in [2.24, 2.45) is 22.7 Å². The lowest BCUT2D eigenvalue weighted by atomic mass is 9.53. The molecule has 0 atom stereocenters. The van der Waals surface area contributed by atoms with Crippen LogP contribution in [0.15, 0.2) is 30.3 Å². The van der Waals surface area contributed by atoms with Gasteiger partial charge in [-0.15, -0.1) is 0 Å². The molecule has 0 aromatic heterocycles. The van der Waals surface area contributed by atoms with E-state index >= 15 is 0 Å². The summed E-state index contributed by atoms with van der Waals surface area (Å²) >= 11 is 0. The van der Waals surface area contributed by atoms with Crippen molar-refractivity contribution < 1.29 is 4.79 Å². The van der Waals surface area contributed by atoms with Crippen molar-refractivity contribution in [3.8, 4) is 0 Å². The van der Waals surface area contributed by atoms with E-state index in [0.29, 0.717) is 16.7 Å². The number of hydrogen-bond acceptors (Lipinski definition) is 1. The molecule has 1 aromatic carbocycles. The third-order valence-corrected chi connectivity index (χ3v) is 7.29. The highest BCUT2D eigenvalue weighted by Crippen LogP contribution is 2.55. The number of rotatable bonds is 4. The SMILES string of the molecule is CC(C)C1(C(C)(C)C)CCC(C(=O)NC2(c3ccccc3)CC2)CC1. The maximum absolute atomic E-state index is 12.9. The van der Waals surface area contributed by atoms with Gasteiger partial charge in [0.1, 0.15) is 0 Å². The predicted molar refractivity (Wildman–Crippen MR) is 104 cm³/mol. The van der Waals surface area contributed by atoms with Crippen LogP contribution >= 0.6 is 0 Å². The molecule has 1 aromatic rings. The predicted octanol–water partition coefficient (Wildman–Crippen LogP) is 5.67. The van der Waals surface area contributed by atoms with Crippen LogP contribution in [0.2, 0.25) is 0 Å². The summed E-state index contributed by atoms with van der Waals surface area (Å²) in [6, 6.07) is 10.5. The maximum atomic E-state index is 12.9. The van der Waals surface area contributed by atoms with Gasteiger partial charge in [-0.1, -0.05) is 65.0 Å². The first-order valence-corrected chi connectivity index (χ1v) is 10.1. The van der Waals surface area contributed by atoms with Gasteiger partial charge in [0, 0.05) is 5.92 Å². The molecule has 138 valence electrons. The van der Waals surface area contributed by atoms with Crippen LogP contribution in [0.1, 0.15) is 78.7 Å². The average molecular weight is 342 g/mol. The molecule has 2 fully saturated rings. The van der Waals surface area contributed by atoms with E-state index < -0.39 is 0 Å². The number of nitrogens with one attached hydrogen (secondary N) is 1. The molecule has 2 aliphatic carbocycles. The van der Waals surface area contributed by atoms with Crippen LogP contribution in [-0.2, 0) is 10.3 Å². The molecule has 1 N–H and O–H groups in total. The molecule has 0 unspecified atom stereocenters. The Morgan fingerprint density at radius 2 is 1.60 bits per heavy atom. The van der Waals surface area contributed by atoms with Crippen molar-refractivity contribution in [1.82, 2.24) is 5.32 Å². The normalized spacial score (nSPS) is 28.6. The fraction of sp³-hybridized carbons (Fsp3) is 0.696. The number of benzene rings is 1. The van der Waals surface area contributed by atoms with Gasteiger partial charge in [0.25, 0.3) is 0 Å². The van der Waals surface area contributed by atoms with Crippen molar-refractivity contribution in [2.45, 2.75) is 78.7 Å². The summed E-state index contributed by atoms with van der Waals surface area (Å²) in [7, 11) is 0. The summed E-state index contributed by atoms with van der Waals surface area (Å²) in [5.41, 5.74) is 1.85. The van der Waals surface area contributed by atoms with E-state index in [2.05, 4.69) is 64.2 Å². The molecule has 0 heterocycles. The molecule has 2 nitrogen and oxygen atoms in total. The lowest BCUT2D eigenvalue weighted by Gasteiger charge is -2.52. The number of hydrogen-bond donors (Lipinski definition) is 1. The second kappa shape index (κ2) is 6.45. The van der Waals surface area contributed by atoms with Crippen LogP contribution in [0.25, 0.3) is 0 Å². The largest absolute Gasteiger partial charge is 0.346 e. The summed E-state index contributed by atoms with van der Waals surface area (Å²) in [5.74, 6) is 1.14. The Morgan fingerprint density at radius 1 is 1.04 bits per heavy atom. The van der Waals surface area contributed by atoms with Crippen molar-refractivity contribution in [3.05, 3.63) is 35.9 Å². The third kappa shape index (κ3) is 3.37. The van der Waals surface area contributed by atoms with Crippen LogP contribution in [0.3, 0.4) is 0 Å². The first-order valence-electron chi connectivity index (χ1n) is 10.1. The van der Waals surface area contributed by atoms with Gasteiger partial charge in [-0.2, -0.15) is 0 Å². The van der Waals surface area contributed by atoms with Crippen LogP contribution < -0.4 is 5.32 Å². The van der Waals surface area contributed by atoms with Gasteiger partial charge in [-0.25, -0.2) is 0 Å². The maximum Gasteiger partial charge on any atom is 0.223 e. The van der Waals surface area contributed by atoms with E-state index in [0.717, 1.165) is 25.7 Å². The molecule has 0 bridgehead atoms. The average Bonchev–Trinajstić information content (AvgIpc) is 3.35.